The Labute approximate surface area is 123 Å². The van der Waals surface area contributed by atoms with Crippen LogP contribution in [0.4, 0.5) is 4.39 Å². The molecule has 1 atom stereocenters. The molecule has 4 nitrogen and oxygen atoms in total. The number of benzene rings is 1. The molecule has 1 saturated heterocycles. The van der Waals surface area contributed by atoms with E-state index in [1.54, 1.807) is 12.1 Å². The molecule has 2 aromatic rings. The average Bonchev–Trinajstić information content (AvgIpc) is 2.99. The van der Waals surface area contributed by atoms with Crippen molar-refractivity contribution in [2.45, 2.75) is 38.0 Å². The summed E-state index contributed by atoms with van der Waals surface area (Å²) in [5, 5.41) is 7.48. The SMILES string of the molecule is CCCC1(c2nc(-c3cccc(F)c3)no2)CCCNC1. The van der Waals surface area contributed by atoms with Gasteiger partial charge in [0.25, 0.3) is 0 Å². The Morgan fingerprint density at radius 1 is 1.43 bits per heavy atom. The fraction of sp³-hybridized carbons (Fsp3) is 0.500. The molecule has 0 spiro atoms. The van der Waals surface area contributed by atoms with Crippen LogP contribution in [-0.2, 0) is 5.41 Å². The van der Waals surface area contributed by atoms with Crippen molar-refractivity contribution in [3.05, 3.63) is 36.0 Å². The van der Waals surface area contributed by atoms with Gasteiger partial charge in [-0.25, -0.2) is 4.39 Å². The lowest BCUT2D eigenvalue weighted by atomic mass is 9.77. The van der Waals surface area contributed by atoms with Crippen LogP contribution in [0.1, 0.15) is 38.5 Å². The molecule has 1 aliphatic rings. The topological polar surface area (TPSA) is 51.0 Å². The fourth-order valence-corrected chi connectivity index (χ4v) is 3.13. The summed E-state index contributed by atoms with van der Waals surface area (Å²) < 4.78 is 18.8. The summed E-state index contributed by atoms with van der Waals surface area (Å²) in [6.45, 7) is 4.07. The summed E-state index contributed by atoms with van der Waals surface area (Å²) in [6.07, 6.45) is 4.25. The summed E-state index contributed by atoms with van der Waals surface area (Å²) in [6, 6.07) is 6.29. The van der Waals surface area contributed by atoms with E-state index in [1.807, 2.05) is 0 Å². The van der Waals surface area contributed by atoms with E-state index in [0.717, 1.165) is 38.8 Å². The Kier molecular flexibility index (Phi) is 4.01. The monoisotopic (exact) mass is 289 g/mol. The van der Waals surface area contributed by atoms with Crippen LogP contribution in [0.25, 0.3) is 11.4 Å². The normalized spacial score (nSPS) is 22.4. The van der Waals surface area contributed by atoms with Crippen LogP contribution in [0.3, 0.4) is 0 Å². The minimum absolute atomic E-state index is 0.0778. The van der Waals surface area contributed by atoms with Crippen molar-refractivity contribution in [2.24, 2.45) is 0 Å². The average molecular weight is 289 g/mol. The molecule has 1 aromatic heterocycles. The van der Waals surface area contributed by atoms with Crippen molar-refractivity contribution in [3.63, 3.8) is 0 Å². The van der Waals surface area contributed by atoms with Gasteiger partial charge in [-0.2, -0.15) is 4.98 Å². The zero-order valence-electron chi connectivity index (χ0n) is 12.2. The van der Waals surface area contributed by atoms with Crippen LogP contribution < -0.4 is 5.32 Å². The van der Waals surface area contributed by atoms with Gasteiger partial charge in [0, 0.05) is 12.1 Å². The summed E-state index contributed by atoms with van der Waals surface area (Å²) in [5.74, 6) is 0.850. The van der Waals surface area contributed by atoms with Crippen molar-refractivity contribution in [2.75, 3.05) is 13.1 Å². The van der Waals surface area contributed by atoms with Gasteiger partial charge in [0.15, 0.2) is 0 Å². The highest BCUT2D eigenvalue weighted by molar-refractivity contribution is 5.54. The van der Waals surface area contributed by atoms with Crippen LogP contribution in [0, 0.1) is 5.82 Å². The summed E-state index contributed by atoms with van der Waals surface area (Å²) in [4.78, 5) is 4.55. The second-order valence-corrected chi connectivity index (χ2v) is 5.74. The van der Waals surface area contributed by atoms with Crippen molar-refractivity contribution >= 4 is 0 Å². The number of nitrogens with one attached hydrogen (secondary N) is 1. The number of nitrogens with zero attached hydrogens (tertiary/aromatic N) is 2. The second kappa shape index (κ2) is 5.93. The minimum atomic E-state index is -0.290. The number of hydrogen-bond donors (Lipinski definition) is 1. The van der Waals surface area contributed by atoms with Crippen molar-refractivity contribution in [1.82, 2.24) is 15.5 Å². The lowest BCUT2D eigenvalue weighted by Gasteiger charge is -2.34. The number of hydrogen-bond acceptors (Lipinski definition) is 4. The van der Waals surface area contributed by atoms with Gasteiger partial charge in [-0.1, -0.05) is 30.6 Å². The summed E-state index contributed by atoms with van der Waals surface area (Å²) in [5.41, 5.74) is 0.575. The van der Waals surface area contributed by atoms with Gasteiger partial charge in [-0.05, 0) is 37.9 Å². The van der Waals surface area contributed by atoms with Crippen molar-refractivity contribution in [3.8, 4) is 11.4 Å². The standard InChI is InChI=1S/C16H20FN3O/c1-2-7-16(8-4-9-18-11-16)15-19-14(20-21-15)12-5-3-6-13(17)10-12/h3,5-6,10,18H,2,4,7-9,11H2,1H3. The highest BCUT2D eigenvalue weighted by Crippen LogP contribution is 2.35. The van der Waals surface area contributed by atoms with Gasteiger partial charge in [-0.15, -0.1) is 0 Å². The van der Waals surface area contributed by atoms with E-state index >= 15 is 0 Å². The predicted octanol–water partition coefficient (Wildman–Crippen LogP) is 3.30. The Morgan fingerprint density at radius 3 is 3.05 bits per heavy atom. The first-order valence-corrected chi connectivity index (χ1v) is 7.54. The van der Waals surface area contributed by atoms with Crippen LogP contribution in [0.15, 0.2) is 28.8 Å². The third kappa shape index (κ3) is 2.83. The molecule has 1 aliphatic heterocycles. The highest BCUT2D eigenvalue weighted by atomic mass is 19.1. The molecule has 112 valence electrons. The molecule has 1 unspecified atom stereocenters. The predicted molar refractivity (Wildman–Crippen MR) is 78.4 cm³/mol. The molecule has 1 fully saturated rings. The van der Waals surface area contributed by atoms with E-state index in [2.05, 4.69) is 22.4 Å². The van der Waals surface area contributed by atoms with Crippen LogP contribution in [-0.4, -0.2) is 23.2 Å². The number of halogens is 1. The summed E-state index contributed by atoms with van der Waals surface area (Å²) >= 11 is 0. The van der Waals surface area contributed by atoms with E-state index in [0.29, 0.717) is 17.3 Å². The third-order valence-corrected chi connectivity index (χ3v) is 4.16. The first-order valence-electron chi connectivity index (χ1n) is 7.54. The largest absolute Gasteiger partial charge is 0.338 e. The van der Waals surface area contributed by atoms with Gasteiger partial charge >= 0.3 is 0 Å². The maximum atomic E-state index is 13.3. The number of rotatable bonds is 4. The molecule has 2 heterocycles. The molecule has 1 aromatic carbocycles. The molecule has 0 amide bonds. The maximum Gasteiger partial charge on any atom is 0.234 e. The van der Waals surface area contributed by atoms with Crippen LogP contribution in [0.2, 0.25) is 0 Å². The summed E-state index contributed by atoms with van der Waals surface area (Å²) in [7, 11) is 0. The van der Waals surface area contributed by atoms with E-state index < -0.39 is 0 Å². The minimum Gasteiger partial charge on any atom is -0.338 e. The Morgan fingerprint density at radius 2 is 2.33 bits per heavy atom. The molecule has 0 saturated carbocycles. The van der Waals surface area contributed by atoms with E-state index in [1.165, 1.54) is 12.1 Å². The Balaban J connectivity index is 1.92. The zero-order chi connectivity index (χ0) is 14.7. The van der Waals surface area contributed by atoms with Gasteiger partial charge in [-0.3, -0.25) is 0 Å². The molecule has 0 radical (unpaired) electrons. The van der Waals surface area contributed by atoms with Gasteiger partial charge in [0.05, 0.1) is 5.41 Å². The lowest BCUT2D eigenvalue weighted by Crippen LogP contribution is -2.43. The second-order valence-electron chi connectivity index (χ2n) is 5.74. The molecule has 0 aliphatic carbocycles. The molecule has 21 heavy (non-hydrogen) atoms. The fourth-order valence-electron chi connectivity index (χ4n) is 3.13. The van der Waals surface area contributed by atoms with Gasteiger partial charge < -0.3 is 9.84 Å². The molecular weight excluding hydrogens is 269 g/mol. The Bertz CT molecular complexity index is 600. The van der Waals surface area contributed by atoms with E-state index in [-0.39, 0.29) is 11.2 Å². The lowest BCUT2D eigenvalue weighted by molar-refractivity contribution is 0.213. The van der Waals surface area contributed by atoms with E-state index in [4.69, 9.17) is 4.52 Å². The first kappa shape index (κ1) is 14.2. The smallest absolute Gasteiger partial charge is 0.234 e. The van der Waals surface area contributed by atoms with E-state index in [9.17, 15) is 4.39 Å². The van der Waals surface area contributed by atoms with Crippen LogP contribution in [0.5, 0.6) is 0 Å². The molecule has 0 bridgehead atoms. The number of piperidine rings is 1. The van der Waals surface area contributed by atoms with Gasteiger partial charge in [0.2, 0.25) is 11.7 Å². The Hall–Kier alpha value is -1.75. The van der Waals surface area contributed by atoms with Crippen molar-refractivity contribution < 1.29 is 8.91 Å². The maximum absolute atomic E-state index is 13.3. The zero-order valence-corrected chi connectivity index (χ0v) is 12.2. The number of aromatic nitrogens is 2. The first-order chi connectivity index (χ1) is 10.2. The van der Waals surface area contributed by atoms with Gasteiger partial charge in [0.1, 0.15) is 5.82 Å². The van der Waals surface area contributed by atoms with Crippen molar-refractivity contribution in [1.29, 1.82) is 0 Å². The third-order valence-electron chi connectivity index (χ3n) is 4.16. The van der Waals surface area contributed by atoms with Crippen LogP contribution >= 0.6 is 0 Å². The molecule has 5 heteroatoms. The quantitative estimate of drug-likeness (QED) is 0.938. The molecular formula is C16H20FN3O. The molecule has 1 N–H and O–H groups in total. The molecule has 3 rings (SSSR count). The highest BCUT2D eigenvalue weighted by Gasteiger charge is 2.38.